The van der Waals surface area contributed by atoms with Crippen molar-refractivity contribution in [1.29, 1.82) is 0 Å². The number of benzene rings is 2. The number of hydrogen-bond donors (Lipinski definition) is 1. The fourth-order valence-electron chi connectivity index (χ4n) is 2.93. The highest BCUT2D eigenvalue weighted by Crippen LogP contribution is 2.24. The summed E-state index contributed by atoms with van der Waals surface area (Å²) in [6, 6.07) is 12.8. The summed E-state index contributed by atoms with van der Waals surface area (Å²) >= 11 is 0. The molecule has 1 N–H and O–H groups in total. The maximum atomic E-state index is 11.6. The van der Waals surface area contributed by atoms with Crippen LogP contribution in [-0.4, -0.2) is 32.2 Å². The van der Waals surface area contributed by atoms with Crippen LogP contribution in [0, 0.1) is 0 Å². The summed E-state index contributed by atoms with van der Waals surface area (Å²) in [6.45, 7) is 5.56. The van der Waals surface area contributed by atoms with Crippen molar-refractivity contribution in [3.05, 3.63) is 60.7 Å². The van der Waals surface area contributed by atoms with Crippen molar-refractivity contribution in [2.24, 2.45) is 0 Å². The third-order valence-electron chi connectivity index (χ3n) is 4.33. The molecule has 0 saturated carbocycles. The number of carbonyl (C=O) groups is 1. The van der Waals surface area contributed by atoms with Crippen LogP contribution >= 0.6 is 0 Å². The van der Waals surface area contributed by atoms with Gasteiger partial charge in [0.2, 0.25) is 0 Å². The van der Waals surface area contributed by atoms with Gasteiger partial charge in [-0.1, -0.05) is 44.5 Å². The van der Waals surface area contributed by atoms with E-state index in [9.17, 15) is 9.90 Å². The first-order valence-electron chi connectivity index (χ1n) is 9.08. The van der Waals surface area contributed by atoms with Crippen LogP contribution in [0.25, 0.3) is 16.7 Å². The predicted molar refractivity (Wildman–Crippen MR) is 104 cm³/mol. The quantitative estimate of drug-likeness (QED) is 0.483. The van der Waals surface area contributed by atoms with Gasteiger partial charge in [0.05, 0.1) is 0 Å². The minimum Gasteiger partial charge on any atom is -0.506 e. The lowest BCUT2D eigenvalue weighted by atomic mass is 10.0. The van der Waals surface area contributed by atoms with Gasteiger partial charge in [-0.15, -0.1) is 15.0 Å². The van der Waals surface area contributed by atoms with Gasteiger partial charge < -0.3 is 9.84 Å². The number of fused-ring (bicyclic) bond motifs is 1. The van der Waals surface area contributed by atoms with E-state index in [1.807, 2.05) is 36.4 Å². The monoisotopic (exact) mass is 365 g/mol. The zero-order valence-corrected chi connectivity index (χ0v) is 15.3. The summed E-state index contributed by atoms with van der Waals surface area (Å²) in [5, 5.41) is 19.1. The van der Waals surface area contributed by atoms with Crippen molar-refractivity contribution >= 4 is 17.0 Å². The number of rotatable bonds is 8. The van der Waals surface area contributed by atoms with Crippen molar-refractivity contribution in [2.45, 2.75) is 38.7 Å². The van der Waals surface area contributed by atoms with Crippen LogP contribution in [0.5, 0.6) is 5.75 Å². The smallest absolute Gasteiger partial charge is 0.330 e. The first-order chi connectivity index (χ1) is 13.1. The molecule has 0 amide bonds. The number of esters is 1. The summed E-state index contributed by atoms with van der Waals surface area (Å²) in [5.41, 5.74) is 2.93. The number of carbonyl (C=O) groups excluding carboxylic acids is 1. The lowest BCUT2D eigenvalue weighted by Crippen LogP contribution is -2.19. The highest BCUT2D eigenvalue weighted by molar-refractivity contribution is 5.81. The van der Waals surface area contributed by atoms with E-state index in [2.05, 4.69) is 23.7 Å². The Bertz CT molecular complexity index is 916. The number of nitrogens with zero attached hydrogens (tertiary/aromatic N) is 3. The third kappa shape index (κ3) is 4.53. The molecular formula is C21H23N3O3. The molecule has 6 nitrogen and oxygen atoms in total. The second kappa shape index (κ2) is 8.49. The fourth-order valence-corrected chi connectivity index (χ4v) is 2.93. The number of hydrogen-bond acceptors (Lipinski definition) is 5. The maximum Gasteiger partial charge on any atom is 0.330 e. The third-order valence-corrected chi connectivity index (χ3v) is 4.33. The molecule has 3 aromatic rings. The topological polar surface area (TPSA) is 77.2 Å². The predicted octanol–water partition coefficient (Wildman–Crippen LogP) is 3.96. The Labute approximate surface area is 158 Å². The van der Waals surface area contributed by atoms with Crippen molar-refractivity contribution in [1.82, 2.24) is 15.0 Å². The molecule has 1 atom stereocenters. The number of ether oxygens (including phenoxy) is 1. The molecule has 0 spiro atoms. The van der Waals surface area contributed by atoms with Crippen molar-refractivity contribution < 1.29 is 14.6 Å². The van der Waals surface area contributed by atoms with Crippen LogP contribution in [-0.2, 0) is 16.0 Å². The average molecular weight is 365 g/mol. The Morgan fingerprint density at radius 1 is 1.26 bits per heavy atom. The van der Waals surface area contributed by atoms with E-state index in [-0.39, 0.29) is 11.9 Å². The first-order valence-corrected chi connectivity index (χ1v) is 9.08. The summed E-state index contributed by atoms with van der Waals surface area (Å²) in [6.07, 6.45) is 4.25. The zero-order chi connectivity index (χ0) is 19.2. The molecule has 0 aliphatic carbocycles. The summed E-state index contributed by atoms with van der Waals surface area (Å²) in [7, 11) is 0. The highest BCUT2D eigenvalue weighted by atomic mass is 16.5. The lowest BCUT2D eigenvalue weighted by Gasteiger charge is -2.17. The second-order valence-corrected chi connectivity index (χ2v) is 6.41. The normalized spacial score (nSPS) is 12.0. The summed E-state index contributed by atoms with van der Waals surface area (Å²) in [4.78, 5) is 13.0. The highest BCUT2D eigenvalue weighted by Gasteiger charge is 2.16. The van der Waals surface area contributed by atoms with Crippen LogP contribution < -0.4 is 0 Å². The van der Waals surface area contributed by atoms with Crippen molar-refractivity contribution in [3.8, 4) is 11.4 Å². The van der Waals surface area contributed by atoms with E-state index in [0.29, 0.717) is 12.1 Å². The van der Waals surface area contributed by atoms with Gasteiger partial charge in [0.1, 0.15) is 28.6 Å². The standard InChI is InChI=1S/C21H23N3O3/c1-3-5-8-16(27-21(26)4-2)13-15-11-12-20(25)19(14-15)24-22-17-9-6-7-10-18(17)23-24/h4,6-7,9-12,14,16,25H,2-3,5,8,13H2,1H3. The van der Waals surface area contributed by atoms with Crippen LogP contribution in [0.1, 0.15) is 31.7 Å². The molecular weight excluding hydrogens is 342 g/mol. The molecule has 140 valence electrons. The Balaban J connectivity index is 1.86. The summed E-state index contributed by atoms with van der Waals surface area (Å²) in [5.74, 6) is -0.331. The fraction of sp³-hybridized carbons (Fsp3) is 0.286. The second-order valence-electron chi connectivity index (χ2n) is 6.41. The first kappa shape index (κ1) is 18.6. The molecule has 0 saturated heterocycles. The minimum atomic E-state index is -0.421. The van der Waals surface area contributed by atoms with E-state index in [0.717, 1.165) is 35.9 Å². The number of aromatic hydroxyl groups is 1. The molecule has 1 unspecified atom stereocenters. The number of phenolic OH excluding ortho intramolecular Hbond substituents is 1. The van der Waals surface area contributed by atoms with E-state index >= 15 is 0 Å². The Morgan fingerprint density at radius 3 is 2.59 bits per heavy atom. The van der Waals surface area contributed by atoms with Gasteiger partial charge in [0.25, 0.3) is 0 Å². The Morgan fingerprint density at radius 2 is 1.96 bits per heavy atom. The van der Waals surface area contributed by atoms with E-state index in [4.69, 9.17) is 4.74 Å². The molecule has 0 bridgehead atoms. The molecule has 0 aliphatic heterocycles. The molecule has 6 heteroatoms. The van der Waals surface area contributed by atoms with E-state index in [1.54, 1.807) is 6.07 Å². The SMILES string of the molecule is C=CC(=O)OC(CCCC)Cc1ccc(O)c(-n2nc3ccccc3n2)c1. The van der Waals surface area contributed by atoms with Crippen LogP contribution in [0.2, 0.25) is 0 Å². The number of aromatic nitrogens is 3. The average Bonchev–Trinajstić information content (AvgIpc) is 3.11. The molecule has 2 aromatic carbocycles. The Hall–Kier alpha value is -3.15. The summed E-state index contributed by atoms with van der Waals surface area (Å²) < 4.78 is 5.47. The van der Waals surface area contributed by atoms with Gasteiger partial charge in [-0.3, -0.25) is 0 Å². The Kier molecular flexibility index (Phi) is 5.86. The van der Waals surface area contributed by atoms with Crippen LogP contribution in [0.4, 0.5) is 0 Å². The van der Waals surface area contributed by atoms with Crippen LogP contribution in [0.3, 0.4) is 0 Å². The van der Waals surface area contributed by atoms with Gasteiger partial charge in [-0.05, 0) is 36.2 Å². The molecule has 27 heavy (non-hydrogen) atoms. The number of phenols is 1. The maximum absolute atomic E-state index is 11.6. The van der Waals surface area contributed by atoms with Gasteiger partial charge in [-0.2, -0.15) is 0 Å². The molecule has 1 heterocycles. The van der Waals surface area contributed by atoms with Gasteiger partial charge in [0.15, 0.2) is 0 Å². The van der Waals surface area contributed by atoms with Crippen molar-refractivity contribution in [2.75, 3.05) is 0 Å². The van der Waals surface area contributed by atoms with Gasteiger partial charge in [-0.25, -0.2) is 4.79 Å². The molecule has 0 fully saturated rings. The molecule has 0 aliphatic rings. The number of unbranched alkanes of at least 4 members (excludes halogenated alkanes) is 1. The van der Waals surface area contributed by atoms with E-state index in [1.165, 1.54) is 10.9 Å². The zero-order valence-electron chi connectivity index (χ0n) is 15.3. The largest absolute Gasteiger partial charge is 0.506 e. The minimum absolute atomic E-state index is 0.0900. The van der Waals surface area contributed by atoms with E-state index < -0.39 is 5.97 Å². The van der Waals surface area contributed by atoms with Gasteiger partial charge >= 0.3 is 5.97 Å². The molecule has 0 radical (unpaired) electrons. The van der Waals surface area contributed by atoms with Gasteiger partial charge in [0, 0.05) is 12.5 Å². The lowest BCUT2D eigenvalue weighted by molar-refractivity contribution is -0.143. The van der Waals surface area contributed by atoms with Crippen LogP contribution in [0.15, 0.2) is 55.1 Å². The molecule has 3 rings (SSSR count). The van der Waals surface area contributed by atoms with Crippen molar-refractivity contribution in [3.63, 3.8) is 0 Å². The molecule has 1 aromatic heterocycles.